The molecule has 1 aliphatic carbocycles. The van der Waals surface area contributed by atoms with Crippen LogP contribution in [0.4, 0.5) is 0 Å². The molecule has 1 aliphatic heterocycles. The third kappa shape index (κ3) is 5.76. The number of hydrogen-bond donors (Lipinski definition) is 1. The van der Waals surface area contributed by atoms with Crippen LogP contribution in [0.2, 0.25) is 21.6 Å². The topological polar surface area (TPSA) is 99.1 Å². The molecule has 145 valence electrons. The third-order valence-electron chi connectivity index (χ3n) is 5.24. The second-order valence-electron chi connectivity index (χ2n) is 8.43. The fourth-order valence-corrected chi connectivity index (χ4v) is 7.05. The van der Waals surface area contributed by atoms with Gasteiger partial charge in [-0.15, -0.1) is 0 Å². The zero-order chi connectivity index (χ0) is 20.4. The molecule has 0 radical (unpaired) electrons. The Balaban J connectivity index is 0.000000765. The third-order valence-corrected chi connectivity index (χ3v) is 13.6. The zero-order valence-electron chi connectivity index (χ0n) is 16.7. The summed E-state index contributed by atoms with van der Waals surface area (Å²) in [5, 5.41) is 7.46. The Morgan fingerprint density at radius 2 is 1.77 bits per heavy atom. The number of carbonyl (C=O) groups excluding carboxylic acids is 2. The predicted molar refractivity (Wildman–Crippen MR) is 92.7 cm³/mol. The molecule has 2 aliphatic rings. The van der Waals surface area contributed by atoms with Crippen molar-refractivity contribution in [3.63, 3.8) is 0 Å². The van der Waals surface area contributed by atoms with Crippen molar-refractivity contribution in [3.8, 4) is 0 Å². The van der Waals surface area contributed by atoms with Gasteiger partial charge in [0.15, 0.2) is 0 Å². The van der Waals surface area contributed by atoms with Crippen LogP contribution >= 0.6 is 0 Å². The molecule has 7 nitrogen and oxygen atoms in total. The number of esters is 2. The second kappa shape index (κ2) is 8.69. The normalized spacial score (nSPS) is 30.8. The molecule has 2 rings (SSSR count). The maximum absolute atomic E-state index is 12.3. The van der Waals surface area contributed by atoms with E-state index in [0.717, 1.165) is 6.92 Å². The Labute approximate surface area is 172 Å². The molecule has 5 atom stereocenters. The molecular formula is C17H29HgO7Si. The van der Waals surface area contributed by atoms with E-state index in [9.17, 15) is 9.59 Å². The number of carbonyl (C=O) groups is 3. The molecule has 0 amide bonds. The van der Waals surface area contributed by atoms with E-state index < -0.39 is 20.4 Å². The van der Waals surface area contributed by atoms with Gasteiger partial charge in [0.2, 0.25) is 0 Å². The van der Waals surface area contributed by atoms with Gasteiger partial charge in [-0.1, -0.05) is 0 Å². The Morgan fingerprint density at radius 3 is 2.19 bits per heavy atom. The SMILES string of the molecule is CC(=O)O.CC(=O)O[C@H]1C[C@H]2[C@@H](O[Si](C)(C)C(C)(C)C)C(=O)O[C@H]2[CH]1[Hg]. The van der Waals surface area contributed by atoms with Crippen LogP contribution in [0.3, 0.4) is 0 Å². The zero-order valence-corrected chi connectivity index (χ0v) is 23.2. The van der Waals surface area contributed by atoms with E-state index in [2.05, 4.69) is 33.9 Å². The van der Waals surface area contributed by atoms with Crippen LogP contribution in [0, 0.1) is 5.92 Å². The summed E-state index contributed by atoms with van der Waals surface area (Å²) in [6, 6.07) is 0. The van der Waals surface area contributed by atoms with Crippen LogP contribution in [0.1, 0.15) is 41.0 Å². The van der Waals surface area contributed by atoms with Crippen molar-refractivity contribution in [1.82, 2.24) is 0 Å². The number of rotatable bonds is 3. The molecule has 0 bridgehead atoms. The summed E-state index contributed by atoms with van der Waals surface area (Å²) in [5.41, 5.74) is 0. The molecule has 0 aromatic heterocycles. The van der Waals surface area contributed by atoms with Crippen molar-refractivity contribution >= 4 is 26.2 Å². The molecule has 2 fully saturated rings. The van der Waals surface area contributed by atoms with Gasteiger partial charge in [0, 0.05) is 6.92 Å². The summed E-state index contributed by atoms with van der Waals surface area (Å²) in [6.45, 7) is 13.3. The molecule has 1 unspecified atom stereocenters. The standard InChI is InChI=1S/C15H25O5Si.C2H4O2.Hg/c1-9(16)18-10-7-11-12(8-10)19-14(17)13(11)20-21(5,6)15(2,3)4;1-2(3)4;/h8,10-13H,7H2,1-6H3;1H3,(H,3,4);/t10-,11+,12-,13+;;/m0../s1. The molecule has 0 aromatic carbocycles. The van der Waals surface area contributed by atoms with Gasteiger partial charge in [0.25, 0.3) is 5.97 Å². The average Bonchev–Trinajstić information content (AvgIpc) is 2.86. The van der Waals surface area contributed by atoms with Gasteiger partial charge in [-0.25, -0.2) is 0 Å². The Kier molecular flexibility index (Phi) is 7.87. The molecule has 26 heavy (non-hydrogen) atoms. The number of aliphatic carboxylic acids is 1. The average molecular weight is 574 g/mol. The van der Waals surface area contributed by atoms with Gasteiger partial charge in [-0.2, -0.15) is 0 Å². The van der Waals surface area contributed by atoms with Crippen molar-refractivity contribution in [3.05, 3.63) is 0 Å². The molecule has 1 heterocycles. The van der Waals surface area contributed by atoms with Gasteiger partial charge < -0.3 is 5.11 Å². The van der Waals surface area contributed by atoms with Crippen molar-refractivity contribution in [2.24, 2.45) is 5.92 Å². The monoisotopic (exact) mass is 575 g/mol. The molecule has 1 saturated heterocycles. The van der Waals surface area contributed by atoms with E-state index in [1.165, 1.54) is 6.92 Å². The number of ether oxygens (including phenoxy) is 2. The van der Waals surface area contributed by atoms with E-state index in [1.807, 2.05) is 0 Å². The number of hydrogen-bond acceptors (Lipinski definition) is 6. The van der Waals surface area contributed by atoms with Crippen LogP contribution in [-0.4, -0.2) is 49.6 Å². The Bertz CT molecular complexity index is 554. The van der Waals surface area contributed by atoms with E-state index in [4.69, 9.17) is 23.8 Å². The van der Waals surface area contributed by atoms with Crippen molar-refractivity contribution < 1.29 is 59.5 Å². The first kappa shape index (κ1) is 23.6. The first-order valence-electron chi connectivity index (χ1n) is 8.75. The molecule has 0 spiro atoms. The van der Waals surface area contributed by atoms with Crippen molar-refractivity contribution in [2.45, 2.75) is 80.9 Å². The van der Waals surface area contributed by atoms with Crippen LogP contribution in [0.25, 0.3) is 0 Å². The van der Waals surface area contributed by atoms with Crippen LogP contribution in [0.15, 0.2) is 0 Å². The maximum atomic E-state index is 12.3. The molecule has 0 aromatic rings. The van der Waals surface area contributed by atoms with Gasteiger partial charge >= 0.3 is 150 Å². The van der Waals surface area contributed by atoms with Gasteiger partial charge in [0.1, 0.15) is 0 Å². The van der Waals surface area contributed by atoms with Crippen LogP contribution in [0.5, 0.6) is 0 Å². The second-order valence-corrected chi connectivity index (χ2v) is 16.9. The van der Waals surface area contributed by atoms with E-state index >= 15 is 0 Å². The minimum absolute atomic E-state index is 0.0356. The first-order chi connectivity index (χ1) is 11.7. The number of carboxylic acids is 1. The quantitative estimate of drug-likeness (QED) is 0.409. The summed E-state index contributed by atoms with van der Waals surface area (Å²) < 4.78 is 17.6. The predicted octanol–water partition coefficient (Wildman–Crippen LogP) is 2.68. The Morgan fingerprint density at radius 1 is 1.27 bits per heavy atom. The van der Waals surface area contributed by atoms with Crippen molar-refractivity contribution in [2.75, 3.05) is 0 Å². The van der Waals surface area contributed by atoms with E-state index in [-0.39, 0.29) is 38.5 Å². The summed E-state index contributed by atoms with van der Waals surface area (Å²) in [7, 11) is -2.04. The summed E-state index contributed by atoms with van der Waals surface area (Å²) in [4.78, 5) is 32.5. The van der Waals surface area contributed by atoms with Crippen LogP contribution < -0.4 is 0 Å². The van der Waals surface area contributed by atoms with Gasteiger partial charge in [0.05, 0.1) is 0 Å². The summed E-state index contributed by atoms with van der Waals surface area (Å²) in [6.07, 6.45) is -0.0226. The fraction of sp³-hybridized carbons (Fsp3) is 0.824. The summed E-state index contributed by atoms with van der Waals surface area (Å²) >= 11 is 0.372. The van der Waals surface area contributed by atoms with E-state index in [0.29, 0.717) is 32.5 Å². The fourth-order valence-electron chi connectivity index (χ4n) is 2.93. The molecule has 1 N–H and O–H groups in total. The minimum atomic E-state index is -2.04. The Hall–Kier alpha value is -0.478. The first-order valence-corrected chi connectivity index (χ1v) is 14.8. The van der Waals surface area contributed by atoms with Crippen molar-refractivity contribution in [1.29, 1.82) is 0 Å². The number of fused-ring (bicyclic) bond motifs is 1. The summed E-state index contributed by atoms with van der Waals surface area (Å²) in [5.74, 6) is -1.28. The number of carboxylic acid groups (broad SMARTS) is 1. The van der Waals surface area contributed by atoms with Gasteiger partial charge in [-0.3, -0.25) is 4.79 Å². The molecule has 1 saturated carbocycles. The molecular weight excluding hydrogens is 545 g/mol. The molecule has 9 heteroatoms. The van der Waals surface area contributed by atoms with Crippen LogP contribution in [-0.2, 0) is 54.4 Å². The van der Waals surface area contributed by atoms with E-state index in [1.54, 1.807) is 0 Å². The van der Waals surface area contributed by atoms with Gasteiger partial charge in [-0.05, 0) is 0 Å².